The van der Waals surface area contributed by atoms with E-state index in [1.165, 1.54) is 44.1 Å². The predicted molar refractivity (Wildman–Crippen MR) is 112 cm³/mol. The van der Waals surface area contributed by atoms with Gasteiger partial charge in [-0.15, -0.1) is 0 Å². The predicted octanol–water partition coefficient (Wildman–Crippen LogP) is 4.86. The summed E-state index contributed by atoms with van der Waals surface area (Å²) in [5.74, 6) is 0.828. The van der Waals surface area contributed by atoms with Crippen molar-refractivity contribution in [2.75, 3.05) is 19.8 Å². The lowest BCUT2D eigenvalue weighted by molar-refractivity contribution is -0.139. The number of carbonyl (C=O) groups is 1. The van der Waals surface area contributed by atoms with Crippen molar-refractivity contribution in [3.63, 3.8) is 0 Å². The number of benzene rings is 1. The number of carboxylic acid groups (broad SMARTS) is 1. The molecule has 2 fully saturated rings. The van der Waals surface area contributed by atoms with Crippen molar-refractivity contribution in [2.24, 2.45) is 11.8 Å². The van der Waals surface area contributed by atoms with Crippen LogP contribution in [0.15, 0.2) is 24.3 Å². The highest BCUT2D eigenvalue weighted by Gasteiger charge is 2.48. The highest BCUT2D eigenvalue weighted by molar-refractivity contribution is 5.68. The van der Waals surface area contributed by atoms with Crippen molar-refractivity contribution in [3.8, 4) is 5.75 Å². The van der Waals surface area contributed by atoms with Crippen LogP contribution in [0, 0.1) is 11.8 Å². The third-order valence-corrected chi connectivity index (χ3v) is 6.31. The van der Waals surface area contributed by atoms with E-state index in [2.05, 4.69) is 13.0 Å². The molecule has 0 aliphatic carbocycles. The lowest BCUT2D eigenvalue weighted by Crippen LogP contribution is -2.31. The first-order valence-corrected chi connectivity index (χ1v) is 11.3. The average molecular weight is 405 g/mol. The largest absolute Gasteiger partial charge is 0.482 e. The summed E-state index contributed by atoms with van der Waals surface area (Å²) in [5.41, 5.74) is 1.20. The molecule has 3 rings (SSSR count). The van der Waals surface area contributed by atoms with E-state index in [-0.39, 0.29) is 6.61 Å². The minimum Gasteiger partial charge on any atom is -0.482 e. The van der Waals surface area contributed by atoms with Crippen molar-refractivity contribution in [1.82, 2.24) is 0 Å². The van der Waals surface area contributed by atoms with E-state index in [0.29, 0.717) is 29.8 Å². The van der Waals surface area contributed by atoms with Crippen LogP contribution < -0.4 is 4.74 Å². The molecule has 0 unspecified atom stereocenters. The number of unbranched alkanes of at least 4 members (excludes halogenated alkanes) is 3. The van der Waals surface area contributed by atoms with E-state index in [1.807, 2.05) is 18.2 Å². The third-order valence-electron chi connectivity index (χ3n) is 6.31. The quantitative estimate of drug-likeness (QED) is 0.449. The Morgan fingerprint density at radius 3 is 2.76 bits per heavy atom. The van der Waals surface area contributed by atoms with Gasteiger partial charge >= 0.3 is 5.97 Å². The molecule has 162 valence electrons. The van der Waals surface area contributed by atoms with E-state index in [0.717, 1.165) is 32.5 Å². The van der Waals surface area contributed by atoms with Gasteiger partial charge in [0, 0.05) is 12.5 Å². The second-order valence-electron chi connectivity index (χ2n) is 8.48. The first-order chi connectivity index (χ1) is 14.2. The zero-order chi connectivity index (χ0) is 20.5. The van der Waals surface area contributed by atoms with Gasteiger partial charge in [-0.3, -0.25) is 0 Å². The maximum Gasteiger partial charge on any atom is 0.341 e. The van der Waals surface area contributed by atoms with Gasteiger partial charge in [-0.25, -0.2) is 4.79 Å². The molecule has 0 amide bonds. The lowest BCUT2D eigenvalue weighted by atomic mass is 9.77. The number of fused-ring (bicyclic) bond motifs is 2. The number of carboxylic acids is 1. The maximum absolute atomic E-state index is 10.7. The van der Waals surface area contributed by atoms with Crippen LogP contribution in [0.4, 0.5) is 0 Å². The molecule has 1 aromatic rings. The fraction of sp³-hybridized carbons (Fsp3) is 0.708. The summed E-state index contributed by atoms with van der Waals surface area (Å²) in [6, 6.07) is 7.78. The number of aryl methyl sites for hydroxylation is 1. The number of aliphatic carboxylic acids is 1. The zero-order valence-electron chi connectivity index (χ0n) is 17.7. The highest BCUT2D eigenvalue weighted by Crippen LogP contribution is 2.45. The molecule has 0 saturated carbocycles. The summed E-state index contributed by atoms with van der Waals surface area (Å²) in [6.07, 6.45) is 11.4. The lowest BCUT2D eigenvalue weighted by Gasteiger charge is -2.28. The Hall–Kier alpha value is -1.59. The Kier molecular flexibility index (Phi) is 8.81. The smallest absolute Gasteiger partial charge is 0.341 e. The molecule has 2 aliphatic heterocycles. The van der Waals surface area contributed by atoms with Gasteiger partial charge in [0.15, 0.2) is 6.61 Å². The Balaban J connectivity index is 1.41. The molecule has 29 heavy (non-hydrogen) atoms. The van der Waals surface area contributed by atoms with Gasteiger partial charge in [-0.05, 0) is 62.1 Å². The molecule has 4 atom stereocenters. The molecule has 0 spiro atoms. The first kappa shape index (κ1) is 22.1. The molecule has 1 N–H and O–H groups in total. The van der Waals surface area contributed by atoms with Gasteiger partial charge in [0.05, 0.1) is 18.8 Å². The van der Waals surface area contributed by atoms with E-state index >= 15 is 0 Å². The molecular weight excluding hydrogens is 368 g/mol. The molecule has 5 nitrogen and oxygen atoms in total. The van der Waals surface area contributed by atoms with Crippen LogP contribution in [0.5, 0.6) is 5.75 Å². The molecule has 2 saturated heterocycles. The van der Waals surface area contributed by atoms with Gasteiger partial charge in [0.2, 0.25) is 0 Å². The Labute approximate surface area is 174 Å². The zero-order valence-corrected chi connectivity index (χ0v) is 17.7. The first-order valence-electron chi connectivity index (χ1n) is 11.3. The second-order valence-corrected chi connectivity index (χ2v) is 8.48. The molecular formula is C24H36O5. The maximum atomic E-state index is 10.7. The summed E-state index contributed by atoms with van der Waals surface area (Å²) in [5, 5.41) is 8.75. The molecule has 2 aliphatic rings. The SMILES string of the molecule is CCCCCCOC[C@@H]1[C@H](CCCc2cccc(OCC(=O)O)c2)[C@@H]2CC[C@H]1O2. The third kappa shape index (κ3) is 6.71. The van der Waals surface area contributed by atoms with Crippen LogP contribution in [-0.2, 0) is 20.7 Å². The highest BCUT2D eigenvalue weighted by atomic mass is 16.5. The van der Waals surface area contributed by atoms with Crippen LogP contribution in [-0.4, -0.2) is 43.1 Å². The molecule has 0 aromatic heterocycles. The summed E-state index contributed by atoms with van der Waals surface area (Å²) >= 11 is 0. The van der Waals surface area contributed by atoms with Gasteiger partial charge in [-0.2, -0.15) is 0 Å². The van der Waals surface area contributed by atoms with Crippen LogP contribution in [0.3, 0.4) is 0 Å². The summed E-state index contributed by atoms with van der Waals surface area (Å²) < 4.78 is 17.5. The minimum atomic E-state index is -0.953. The van der Waals surface area contributed by atoms with E-state index in [4.69, 9.17) is 19.3 Å². The molecule has 0 radical (unpaired) electrons. The van der Waals surface area contributed by atoms with Crippen molar-refractivity contribution in [3.05, 3.63) is 29.8 Å². The van der Waals surface area contributed by atoms with Gasteiger partial charge in [0.25, 0.3) is 0 Å². The Morgan fingerprint density at radius 1 is 1.14 bits per heavy atom. The normalized spacial score (nSPS) is 25.4. The number of rotatable bonds is 14. The topological polar surface area (TPSA) is 65.0 Å². The van der Waals surface area contributed by atoms with Crippen LogP contribution in [0.2, 0.25) is 0 Å². The van der Waals surface area contributed by atoms with E-state index < -0.39 is 5.97 Å². The van der Waals surface area contributed by atoms with Crippen LogP contribution >= 0.6 is 0 Å². The van der Waals surface area contributed by atoms with Gasteiger partial charge < -0.3 is 19.3 Å². The van der Waals surface area contributed by atoms with Crippen LogP contribution in [0.1, 0.15) is 63.9 Å². The average Bonchev–Trinajstić information content (AvgIpc) is 3.32. The van der Waals surface area contributed by atoms with Gasteiger partial charge in [0.1, 0.15) is 5.75 Å². The number of hydrogen-bond donors (Lipinski definition) is 1. The number of hydrogen-bond acceptors (Lipinski definition) is 4. The second kappa shape index (κ2) is 11.6. The Bertz CT molecular complexity index is 631. The van der Waals surface area contributed by atoms with Crippen molar-refractivity contribution in [1.29, 1.82) is 0 Å². The standard InChI is InChI=1S/C24H36O5/c1-2-3-4-5-14-27-16-21-20(22-12-13-23(21)29-22)11-7-9-18-8-6-10-19(15-18)28-17-24(25)26/h6,8,10,15,20-23H,2-5,7,9,11-14,16-17H2,1H3,(H,25,26)/t20-,21+,22-,23+/m0/s1. The van der Waals surface area contributed by atoms with E-state index in [1.54, 1.807) is 0 Å². The molecule has 2 heterocycles. The summed E-state index contributed by atoms with van der Waals surface area (Å²) in [7, 11) is 0. The molecule has 2 bridgehead atoms. The van der Waals surface area contributed by atoms with Crippen molar-refractivity contribution in [2.45, 2.75) is 76.9 Å². The van der Waals surface area contributed by atoms with Crippen molar-refractivity contribution >= 4 is 5.97 Å². The summed E-state index contributed by atoms with van der Waals surface area (Å²) in [6.45, 7) is 3.66. The van der Waals surface area contributed by atoms with Gasteiger partial charge in [-0.1, -0.05) is 38.3 Å². The molecule has 1 aromatic carbocycles. The minimum absolute atomic E-state index is 0.300. The monoisotopic (exact) mass is 404 g/mol. The molecule has 5 heteroatoms. The Morgan fingerprint density at radius 2 is 1.97 bits per heavy atom. The fourth-order valence-electron chi connectivity index (χ4n) is 4.83. The fourth-order valence-corrected chi connectivity index (χ4v) is 4.83. The van der Waals surface area contributed by atoms with Crippen molar-refractivity contribution < 1.29 is 24.1 Å². The van der Waals surface area contributed by atoms with E-state index in [9.17, 15) is 4.79 Å². The number of ether oxygens (including phenoxy) is 3. The van der Waals surface area contributed by atoms with Crippen LogP contribution in [0.25, 0.3) is 0 Å². The summed E-state index contributed by atoms with van der Waals surface area (Å²) in [4.78, 5) is 10.7.